The number of amides is 1. The van der Waals surface area contributed by atoms with Crippen LogP contribution in [0.15, 0.2) is 24.3 Å². The number of ether oxygens (including phenoxy) is 4. The van der Waals surface area contributed by atoms with Crippen LogP contribution >= 0.6 is 0 Å². The first-order valence-corrected chi connectivity index (χ1v) is 7.14. The van der Waals surface area contributed by atoms with Crippen LogP contribution < -0.4 is 15.8 Å². The molecule has 7 nitrogen and oxygen atoms in total. The highest BCUT2D eigenvalue weighted by atomic mass is 16.6. The minimum absolute atomic E-state index is 0.0769. The maximum absolute atomic E-state index is 10.4. The Kier molecular flexibility index (Phi) is 9.76. The van der Waals surface area contributed by atoms with E-state index in [0.29, 0.717) is 39.6 Å². The molecule has 7 heteroatoms. The molecule has 1 rings (SSSR count). The molecular weight excluding hydrogens is 288 g/mol. The van der Waals surface area contributed by atoms with Crippen LogP contribution in [0.25, 0.3) is 0 Å². The van der Waals surface area contributed by atoms with E-state index in [1.54, 1.807) is 0 Å². The molecule has 0 saturated carbocycles. The Labute approximate surface area is 130 Å². The highest BCUT2D eigenvalue weighted by molar-refractivity contribution is 5.74. The minimum atomic E-state index is -0.482. The number of rotatable bonds is 13. The fraction of sp³-hybridized carbons (Fsp3) is 0.533. The maximum Gasteiger partial charge on any atom is 0.243 e. The first kappa shape index (κ1) is 18.2. The van der Waals surface area contributed by atoms with Crippen molar-refractivity contribution >= 4 is 11.6 Å². The molecule has 0 radical (unpaired) electrons. The van der Waals surface area contributed by atoms with Gasteiger partial charge in [0.05, 0.1) is 33.0 Å². The average Bonchev–Trinajstić information content (AvgIpc) is 2.53. The summed E-state index contributed by atoms with van der Waals surface area (Å²) in [6, 6.07) is 7.71. The van der Waals surface area contributed by atoms with E-state index >= 15 is 0 Å². The molecule has 0 atom stereocenters. The molecule has 3 N–H and O–H groups in total. The van der Waals surface area contributed by atoms with Crippen molar-refractivity contribution in [3.05, 3.63) is 24.3 Å². The Morgan fingerprint density at radius 1 is 0.955 bits per heavy atom. The predicted octanol–water partition coefficient (Wildman–Crippen LogP) is 0.642. The van der Waals surface area contributed by atoms with Crippen molar-refractivity contribution < 1.29 is 23.7 Å². The second-order valence-corrected chi connectivity index (χ2v) is 4.37. The largest absolute Gasteiger partial charge is 0.491 e. The van der Waals surface area contributed by atoms with Gasteiger partial charge in [-0.25, -0.2) is 0 Å². The number of hydrogen-bond donors (Lipinski definition) is 2. The molecule has 1 amide bonds. The van der Waals surface area contributed by atoms with Crippen LogP contribution in [-0.2, 0) is 19.0 Å². The molecule has 0 fully saturated rings. The van der Waals surface area contributed by atoms with E-state index in [2.05, 4.69) is 5.32 Å². The average molecular weight is 312 g/mol. The summed E-state index contributed by atoms with van der Waals surface area (Å²) in [6.45, 7) is 2.61. The summed E-state index contributed by atoms with van der Waals surface area (Å²) < 4.78 is 21.1. The van der Waals surface area contributed by atoms with Gasteiger partial charge in [0.25, 0.3) is 0 Å². The van der Waals surface area contributed by atoms with Gasteiger partial charge < -0.3 is 30.0 Å². The van der Waals surface area contributed by atoms with E-state index in [9.17, 15) is 4.79 Å². The number of anilines is 1. The molecule has 124 valence electrons. The van der Waals surface area contributed by atoms with Gasteiger partial charge in [0.2, 0.25) is 5.91 Å². The molecule has 0 heterocycles. The zero-order chi connectivity index (χ0) is 16.0. The van der Waals surface area contributed by atoms with Crippen molar-refractivity contribution in [3.8, 4) is 5.75 Å². The lowest BCUT2D eigenvalue weighted by molar-refractivity contribution is -0.123. The fourth-order valence-electron chi connectivity index (χ4n) is 1.55. The van der Waals surface area contributed by atoms with Gasteiger partial charge in [0, 0.05) is 12.7 Å². The molecule has 0 aliphatic rings. The summed E-state index contributed by atoms with van der Waals surface area (Å²) in [4.78, 5) is 10.4. The van der Waals surface area contributed by atoms with Crippen LogP contribution in [0.5, 0.6) is 5.75 Å². The van der Waals surface area contributed by atoms with Gasteiger partial charge in [-0.3, -0.25) is 4.79 Å². The van der Waals surface area contributed by atoms with E-state index in [4.69, 9.17) is 24.7 Å². The molecule has 0 spiro atoms. The van der Waals surface area contributed by atoms with Crippen LogP contribution in [0, 0.1) is 0 Å². The monoisotopic (exact) mass is 312 g/mol. The third-order valence-corrected chi connectivity index (χ3v) is 2.63. The topological polar surface area (TPSA) is 92.0 Å². The number of hydrogen-bond acceptors (Lipinski definition) is 6. The first-order valence-electron chi connectivity index (χ1n) is 7.14. The minimum Gasteiger partial charge on any atom is -0.491 e. The zero-order valence-electron chi connectivity index (χ0n) is 12.9. The van der Waals surface area contributed by atoms with Crippen LogP contribution in [-0.4, -0.2) is 59.2 Å². The molecule has 1 aromatic rings. The summed E-state index contributed by atoms with van der Waals surface area (Å²) in [5.41, 5.74) is 5.96. The summed E-state index contributed by atoms with van der Waals surface area (Å²) in [6.07, 6.45) is 0. The molecule has 1 aromatic carbocycles. The lowest BCUT2D eigenvalue weighted by Gasteiger charge is -2.08. The van der Waals surface area contributed by atoms with Gasteiger partial charge in [-0.1, -0.05) is 0 Å². The predicted molar refractivity (Wildman–Crippen MR) is 83.1 cm³/mol. The normalized spacial score (nSPS) is 10.4. The maximum atomic E-state index is 10.4. The van der Waals surface area contributed by atoms with Crippen molar-refractivity contribution in [2.75, 3.05) is 58.6 Å². The number of nitrogens with two attached hydrogens (primary N) is 1. The van der Waals surface area contributed by atoms with Gasteiger partial charge in [-0.05, 0) is 24.3 Å². The van der Waals surface area contributed by atoms with Gasteiger partial charge in [-0.2, -0.15) is 0 Å². The lowest BCUT2D eigenvalue weighted by Crippen LogP contribution is -2.20. The molecule has 0 aromatic heterocycles. The van der Waals surface area contributed by atoms with Crippen LogP contribution in [0.1, 0.15) is 0 Å². The summed E-state index contributed by atoms with van der Waals surface area (Å²) in [5.74, 6) is 0.328. The second-order valence-electron chi connectivity index (χ2n) is 4.37. The smallest absolute Gasteiger partial charge is 0.243 e. The number of nitrogens with one attached hydrogen (secondary N) is 1. The van der Waals surface area contributed by atoms with Crippen LogP contribution in [0.4, 0.5) is 5.69 Å². The highest BCUT2D eigenvalue weighted by Gasteiger charge is 1.96. The Morgan fingerprint density at radius 2 is 1.50 bits per heavy atom. The van der Waals surface area contributed by atoms with E-state index in [0.717, 1.165) is 11.4 Å². The molecule has 0 saturated heterocycles. The fourth-order valence-corrected chi connectivity index (χ4v) is 1.55. The van der Waals surface area contributed by atoms with E-state index in [1.165, 1.54) is 0 Å². The second kappa shape index (κ2) is 11.8. The third kappa shape index (κ3) is 9.17. The van der Waals surface area contributed by atoms with E-state index in [1.807, 2.05) is 31.3 Å². The van der Waals surface area contributed by atoms with Crippen molar-refractivity contribution in [3.63, 3.8) is 0 Å². The Morgan fingerprint density at radius 3 is 2.05 bits per heavy atom. The molecule has 0 bridgehead atoms. The molecule has 22 heavy (non-hydrogen) atoms. The van der Waals surface area contributed by atoms with Gasteiger partial charge >= 0.3 is 0 Å². The zero-order valence-corrected chi connectivity index (χ0v) is 12.9. The Balaban J connectivity index is 1.88. The SMILES string of the molecule is CNc1ccc(OCCOCCOCCOCC(N)=O)cc1. The Hall–Kier alpha value is -1.83. The molecule has 0 aliphatic heterocycles. The van der Waals surface area contributed by atoms with E-state index < -0.39 is 5.91 Å². The van der Waals surface area contributed by atoms with Gasteiger partial charge in [0.15, 0.2) is 0 Å². The van der Waals surface area contributed by atoms with Crippen LogP contribution in [0.3, 0.4) is 0 Å². The summed E-state index contributed by atoms with van der Waals surface area (Å²) in [7, 11) is 1.87. The van der Waals surface area contributed by atoms with Crippen LogP contribution in [0.2, 0.25) is 0 Å². The number of carbonyl (C=O) groups excluding carboxylic acids is 1. The molecule has 0 unspecified atom stereocenters. The van der Waals surface area contributed by atoms with E-state index in [-0.39, 0.29) is 6.61 Å². The highest BCUT2D eigenvalue weighted by Crippen LogP contribution is 2.14. The summed E-state index contributed by atoms with van der Waals surface area (Å²) in [5, 5.41) is 3.04. The number of carbonyl (C=O) groups is 1. The number of benzene rings is 1. The van der Waals surface area contributed by atoms with Gasteiger partial charge in [-0.15, -0.1) is 0 Å². The Bertz CT molecular complexity index is 411. The standard InChI is InChI=1S/C15H24N2O5/c1-17-13-2-4-14(5-3-13)22-11-10-20-7-6-19-8-9-21-12-15(16)18/h2-5,17H,6-12H2,1H3,(H2,16,18). The van der Waals surface area contributed by atoms with Crippen molar-refractivity contribution in [1.29, 1.82) is 0 Å². The van der Waals surface area contributed by atoms with Crippen molar-refractivity contribution in [1.82, 2.24) is 0 Å². The lowest BCUT2D eigenvalue weighted by atomic mass is 10.3. The van der Waals surface area contributed by atoms with Crippen molar-refractivity contribution in [2.24, 2.45) is 5.73 Å². The molecule has 0 aliphatic carbocycles. The number of primary amides is 1. The van der Waals surface area contributed by atoms with Crippen molar-refractivity contribution in [2.45, 2.75) is 0 Å². The molecular formula is C15H24N2O5. The van der Waals surface area contributed by atoms with Gasteiger partial charge in [0.1, 0.15) is 19.0 Å². The third-order valence-electron chi connectivity index (χ3n) is 2.63. The quantitative estimate of drug-likeness (QED) is 0.519. The summed E-state index contributed by atoms with van der Waals surface area (Å²) >= 11 is 0. The first-order chi connectivity index (χ1) is 10.7.